The van der Waals surface area contributed by atoms with Gasteiger partial charge in [-0.25, -0.2) is 0 Å². The van der Waals surface area contributed by atoms with E-state index in [2.05, 4.69) is 22.3 Å². The van der Waals surface area contributed by atoms with Gasteiger partial charge in [-0.3, -0.25) is 9.69 Å². The molecule has 2 N–H and O–H groups in total. The molecule has 180 valence electrons. The Kier molecular flexibility index (Phi) is 10.4. The largest absolute Gasteiger partial charge is 0.394 e. The Morgan fingerprint density at radius 3 is 2.73 bits per heavy atom. The molecule has 2 atom stereocenters. The van der Waals surface area contributed by atoms with E-state index in [1.165, 1.54) is 0 Å². The molecule has 0 aliphatic carbocycles. The van der Waals surface area contributed by atoms with E-state index in [4.69, 9.17) is 33.0 Å². The van der Waals surface area contributed by atoms with E-state index in [0.717, 1.165) is 43.7 Å². The first-order valence-corrected chi connectivity index (χ1v) is 12.1. The van der Waals surface area contributed by atoms with Crippen molar-refractivity contribution in [3.8, 4) is 0 Å². The Hall–Kier alpha value is -1.67. The fourth-order valence-corrected chi connectivity index (χ4v) is 4.48. The smallest absolute Gasteiger partial charge is 0.227 e. The van der Waals surface area contributed by atoms with Gasteiger partial charge >= 0.3 is 0 Å². The second-order valence-corrected chi connectivity index (χ2v) is 9.21. The predicted octanol–water partition coefficient (Wildman–Crippen LogP) is 3.41. The third kappa shape index (κ3) is 7.95. The zero-order valence-electron chi connectivity index (χ0n) is 19.1. The monoisotopic (exact) mass is 493 g/mol. The van der Waals surface area contributed by atoms with Gasteiger partial charge in [0.1, 0.15) is 0 Å². The Morgan fingerprint density at radius 2 is 2.00 bits per heavy atom. The van der Waals surface area contributed by atoms with Gasteiger partial charge in [0.05, 0.1) is 42.3 Å². The van der Waals surface area contributed by atoms with E-state index >= 15 is 0 Å². The van der Waals surface area contributed by atoms with Crippen LogP contribution in [0.4, 0.5) is 0 Å². The SMILES string of the molecule is CN(C(=O)Cc1ccc(Cl)c(Cl)c1)C(CN1CCC(NCCOCCO)C1)c1ccccc1. The Labute approximate surface area is 206 Å². The van der Waals surface area contributed by atoms with Crippen molar-refractivity contribution in [3.63, 3.8) is 0 Å². The highest BCUT2D eigenvalue weighted by atomic mass is 35.5. The third-order valence-electron chi connectivity index (χ3n) is 6.00. The van der Waals surface area contributed by atoms with Crippen LogP contribution in [0.1, 0.15) is 23.6 Å². The summed E-state index contributed by atoms with van der Waals surface area (Å²) in [6.45, 7) is 4.46. The number of nitrogens with one attached hydrogen (secondary N) is 1. The van der Waals surface area contributed by atoms with Gasteiger partial charge in [0.25, 0.3) is 0 Å². The molecule has 0 spiro atoms. The highest BCUT2D eigenvalue weighted by Crippen LogP contribution is 2.26. The Bertz CT molecular complexity index is 884. The fourth-order valence-electron chi connectivity index (χ4n) is 4.16. The lowest BCUT2D eigenvalue weighted by atomic mass is 10.0. The number of benzene rings is 2. The van der Waals surface area contributed by atoms with Crippen molar-refractivity contribution in [3.05, 3.63) is 69.7 Å². The fraction of sp³-hybridized carbons (Fsp3) is 0.480. The molecule has 2 unspecified atom stereocenters. The molecule has 2 aromatic rings. The maximum absolute atomic E-state index is 13.2. The summed E-state index contributed by atoms with van der Waals surface area (Å²) in [5.41, 5.74) is 1.97. The quantitative estimate of drug-likeness (QED) is 0.443. The van der Waals surface area contributed by atoms with E-state index in [9.17, 15) is 4.79 Å². The van der Waals surface area contributed by atoms with E-state index < -0.39 is 0 Å². The maximum Gasteiger partial charge on any atom is 0.227 e. The van der Waals surface area contributed by atoms with Crippen molar-refractivity contribution in [2.75, 3.05) is 53.0 Å². The predicted molar refractivity (Wildman–Crippen MR) is 133 cm³/mol. The number of halogens is 2. The molecule has 1 aliphatic heterocycles. The average molecular weight is 494 g/mol. The molecule has 3 rings (SSSR count). The number of carbonyl (C=O) groups is 1. The molecule has 2 aromatic carbocycles. The zero-order chi connectivity index (χ0) is 23.6. The second kappa shape index (κ2) is 13.3. The molecule has 33 heavy (non-hydrogen) atoms. The van der Waals surface area contributed by atoms with Gasteiger partial charge in [-0.15, -0.1) is 0 Å². The molecule has 1 heterocycles. The molecule has 1 fully saturated rings. The van der Waals surface area contributed by atoms with E-state index in [-0.39, 0.29) is 25.0 Å². The third-order valence-corrected chi connectivity index (χ3v) is 6.74. The first kappa shape index (κ1) is 25.9. The summed E-state index contributed by atoms with van der Waals surface area (Å²) < 4.78 is 5.33. The van der Waals surface area contributed by atoms with Crippen LogP contribution < -0.4 is 5.32 Å². The molecule has 8 heteroatoms. The average Bonchev–Trinajstić information content (AvgIpc) is 3.27. The number of nitrogens with zero attached hydrogens (tertiary/aromatic N) is 2. The lowest BCUT2D eigenvalue weighted by molar-refractivity contribution is -0.131. The maximum atomic E-state index is 13.2. The van der Waals surface area contributed by atoms with Crippen molar-refractivity contribution >= 4 is 29.1 Å². The number of carbonyl (C=O) groups excluding carboxylic acids is 1. The van der Waals surface area contributed by atoms with Crippen molar-refractivity contribution in [1.82, 2.24) is 15.1 Å². The first-order valence-electron chi connectivity index (χ1n) is 11.4. The molecule has 0 bridgehead atoms. The number of ether oxygens (including phenoxy) is 1. The summed E-state index contributed by atoms with van der Waals surface area (Å²) in [7, 11) is 1.88. The summed E-state index contributed by atoms with van der Waals surface area (Å²) in [4.78, 5) is 17.4. The molecule has 0 saturated carbocycles. The topological polar surface area (TPSA) is 65.0 Å². The highest BCUT2D eigenvalue weighted by molar-refractivity contribution is 6.42. The van der Waals surface area contributed by atoms with Crippen LogP contribution in [0.3, 0.4) is 0 Å². The molecule has 1 saturated heterocycles. The second-order valence-electron chi connectivity index (χ2n) is 8.39. The molecule has 0 aromatic heterocycles. The van der Waals surface area contributed by atoms with Gasteiger partial charge in [-0.1, -0.05) is 59.6 Å². The van der Waals surface area contributed by atoms with Crippen molar-refractivity contribution in [2.45, 2.75) is 24.9 Å². The van der Waals surface area contributed by atoms with E-state index in [0.29, 0.717) is 29.3 Å². The summed E-state index contributed by atoms with van der Waals surface area (Å²) in [6.07, 6.45) is 1.33. The van der Waals surface area contributed by atoms with Crippen LogP contribution in [-0.4, -0.2) is 79.9 Å². The number of aliphatic hydroxyl groups is 1. The van der Waals surface area contributed by atoms with Crippen LogP contribution in [0.25, 0.3) is 0 Å². The molecular formula is C25H33Cl2N3O3. The Morgan fingerprint density at radius 1 is 1.21 bits per heavy atom. The minimum Gasteiger partial charge on any atom is -0.394 e. The van der Waals surface area contributed by atoms with Gasteiger partial charge in [0.2, 0.25) is 5.91 Å². The molecule has 1 amide bonds. The van der Waals surface area contributed by atoms with Crippen molar-refractivity contribution in [1.29, 1.82) is 0 Å². The number of rotatable bonds is 12. The normalized spacial score (nSPS) is 17.3. The highest BCUT2D eigenvalue weighted by Gasteiger charge is 2.28. The molecular weight excluding hydrogens is 461 g/mol. The molecule has 6 nitrogen and oxygen atoms in total. The van der Waals surface area contributed by atoms with Crippen molar-refractivity contribution in [2.24, 2.45) is 0 Å². The van der Waals surface area contributed by atoms with Crippen LogP contribution in [0.5, 0.6) is 0 Å². The van der Waals surface area contributed by atoms with Crippen LogP contribution in [0, 0.1) is 0 Å². The number of aliphatic hydroxyl groups excluding tert-OH is 1. The Balaban J connectivity index is 1.61. The summed E-state index contributed by atoms with van der Waals surface area (Å²) in [5.74, 6) is 0.0390. The van der Waals surface area contributed by atoms with Crippen LogP contribution >= 0.6 is 23.2 Å². The van der Waals surface area contributed by atoms with Crippen molar-refractivity contribution < 1.29 is 14.6 Å². The van der Waals surface area contributed by atoms with Crippen LogP contribution in [-0.2, 0) is 16.0 Å². The van der Waals surface area contributed by atoms with Gasteiger partial charge < -0.3 is 20.1 Å². The van der Waals surface area contributed by atoms with Crippen LogP contribution in [0.2, 0.25) is 10.0 Å². The summed E-state index contributed by atoms with van der Waals surface area (Å²) in [5, 5.41) is 13.3. The number of likely N-dealkylation sites (N-methyl/N-ethyl adjacent to an activating group) is 1. The van der Waals surface area contributed by atoms with Gasteiger partial charge in [0.15, 0.2) is 0 Å². The zero-order valence-corrected chi connectivity index (χ0v) is 20.6. The van der Waals surface area contributed by atoms with Gasteiger partial charge in [0, 0.05) is 32.7 Å². The minimum absolute atomic E-state index is 0.0390. The standard InChI is InChI=1S/C25H33Cl2N3O3/c1-29(25(32)16-19-7-8-22(26)23(27)15-19)24(20-5-3-2-4-6-20)18-30-11-9-21(17-30)28-10-13-33-14-12-31/h2-8,15,21,24,28,31H,9-14,16-18H2,1H3. The van der Waals surface area contributed by atoms with Gasteiger partial charge in [-0.2, -0.15) is 0 Å². The first-order chi connectivity index (χ1) is 16.0. The number of likely N-dealkylation sites (tertiary alicyclic amines) is 1. The lowest BCUT2D eigenvalue weighted by Crippen LogP contribution is -2.41. The van der Waals surface area contributed by atoms with Crippen LogP contribution in [0.15, 0.2) is 48.5 Å². The van der Waals surface area contributed by atoms with E-state index in [1.54, 1.807) is 12.1 Å². The molecule has 0 radical (unpaired) electrons. The lowest BCUT2D eigenvalue weighted by Gasteiger charge is -2.32. The molecule has 1 aliphatic rings. The summed E-state index contributed by atoms with van der Waals surface area (Å²) >= 11 is 12.2. The van der Waals surface area contributed by atoms with Gasteiger partial charge in [-0.05, 0) is 36.2 Å². The van der Waals surface area contributed by atoms with E-state index in [1.807, 2.05) is 36.2 Å². The number of hydrogen-bond acceptors (Lipinski definition) is 5. The minimum atomic E-state index is -0.0480. The summed E-state index contributed by atoms with van der Waals surface area (Å²) in [6, 6.07) is 15.9. The number of amides is 1. The number of hydrogen-bond donors (Lipinski definition) is 2.